The minimum absolute atomic E-state index is 0.165. The first kappa shape index (κ1) is 10.4. The maximum atomic E-state index is 13.5. The first-order valence-corrected chi connectivity index (χ1v) is 5.85. The summed E-state index contributed by atoms with van der Waals surface area (Å²) in [6.07, 6.45) is 4.00. The summed E-state index contributed by atoms with van der Waals surface area (Å²) in [5.41, 5.74) is 1.05. The van der Waals surface area contributed by atoms with Crippen molar-refractivity contribution >= 4 is 32.8 Å². The topological polar surface area (TPSA) is 0 Å². The van der Waals surface area contributed by atoms with Crippen LogP contribution in [-0.4, -0.2) is 5.33 Å². The Labute approximate surface area is 96.6 Å². The van der Waals surface area contributed by atoms with Gasteiger partial charge in [-0.2, -0.15) is 0 Å². The van der Waals surface area contributed by atoms with Crippen LogP contribution >= 0.6 is 15.9 Å². The molecule has 0 fully saturated rings. The standard InChI is InChI=1S/C13H10BrF/c14-9-3-4-10-7-8-13(15)12-6-2-1-5-11(10)12/h1-8H,9H2. The van der Waals surface area contributed by atoms with Gasteiger partial charge in [-0.3, -0.25) is 0 Å². The number of halogens is 2. The third-order valence-electron chi connectivity index (χ3n) is 2.29. The van der Waals surface area contributed by atoms with Crippen LogP contribution < -0.4 is 0 Å². The van der Waals surface area contributed by atoms with E-state index in [1.165, 1.54) is 6.07 Å². The number of rotatable bonds is 2. The molecule has 0 unspecified atom stereocenters. The molecule has 0 bridgehead atoms. The minimum atomic E-state index is -0.165. The van der Waals surface area contributed by atoms with E-state index in [9.17, 15) is 4.39 Å². The predicted molar refractivity (Wildman–Crippen MR) is 66.7 cm³/mol. The van der Waals surface area contributed by atoms with E-state index in [4.69, 9.17) is 0 Å². The molecule has 0 aliphatic rings. The van der Waals surface area contributed by atoms with Gasteiger partial charge in [0.15, 0.2) is 0 Å². The van der Waals surface area contributed by atoms with E-state index in [1.807, 2.05) is 30.4 Å². The predicted octanol–water partition coefficient (Wildman–Crippen LogP) is 4.39. The summed E-state index contributed by atoms with van der Waals surface area (Å²) in [5, 5.41) is 2.43. The van der Waals surface area contributed by atoms with Crippen LogP contribution in [0.5, 0.6) is 0 Å². The van der Waals surface area contributed by atoms with Crippen molar-refractivity contribution in [1.82, 2.24) is 0 Å². The van der Waals surface area contributed by atoms with Crippen molar-refractivity contribution in [3.8, 4) is 0 Å². The number of hydrogen-bond donors (Lipinski definition) is 0. The normalized spacial score (nSPS) is 11.3. The minimum Gasteiger partial charge on any atom is -0.206 e. The second kappa shape index (κ2) is 4.58. The van der Waals surface area contributed by atoms with Crippen LogP contribution in [0, 0.1) is 5.82 Å². The summed E-state index contributed by atoms with van der Waals surface area (Å²) in [6, 6.07) is 10.8. The van der Waals surface area contributed by atoms with Gasteiger partial charge < -0.3 is 0 Å². The van der Waals surface area contributed by atoms with Gasteiger partial charge in [-0.25, -0.2) is 4.39 Å². The van der Waals surface area contributed by atoms with Gasteiger partial charge in [0.05, 0.1) is 0 Å². The van der Waals surface area contributed by atoms with Crippen molar-refractivity contribution in [2.75, 3.05) is 5.33 Å². The van der Waals surface area contributed by atoms with E-state index in [2.05, 4.69) is 15.9 Å². The molecule has 2 heteroatoms. The van der Waals surface area contributed by atoms with Crippen molar-refractivity contribution in [1.29, 1.82) is 0 Å². The van der Waals surface area contributed by atoms with Crippen molar-refractivity contribution in [3.05, 3.63) is 53.9 Å². The maximum Gasteiger partial charge on any atom is 0.131 e. The van der Waals surface area contributed by atoms with Gasteiger partial charge in [-0.1, -0.05) is 58.4 Å². The lowest BCUT2D eigenvalue weighted by Crippen LogP contribution is -1.82. The Morgan fingerprint density at radius 2 is 1.80 bits per heavy atom. The molecule has 0 radical (unpaired) electrons. The van der Waals surface area contributed by atoms with E-state index < -0.39 is 0 Å². The summed E-state index contributed by atoms with van der Waals surface area (Å²) < 4.78 is 13.5. The molecular weight excluding hydrogens is 255 g/mol. The van der Waals surface area contributed by atoms with Gasteiger partial charge in [-0.15, -0.1) is 0 Å². The molecule has 0 amide bonds. The van der Waals surface area contributed by atoms with Gasteiger partial charge in [0.1, 0.15) is 5.82 Å². The van der Waals surface area contributed by atoms with Crippen LogP contribution in [0.1, 0.15) is 5.56 Å². The van der Waals surface area contributed by atoms with Gasteiger partial charge in [0.25, 0.3) is 0 Å². The lowest BCUT2D eigenvalue weighted by molar-refractivity contribution is 0.640. The number of alkyl halides is 1. The van der Waals surface area contributed by atoms with Crippen molar-refractivity contribution in [3.63, 3.8) is 0 Å². The number of hydrogen-bond acceptors (Lipinski definition) is 0. The summed E-state index contributed by atoms with van der Waals surface area (Å²) in [7, 11) is 0. The molecule has 0 spiro atoms. The highest BCUT2D eigenvalue weighted by Gasteiger charge is 2.02. The van der Waals surface area contributed by atoms with Crippen molar-refractivity contribution < 1.29 is 4.39 Å². The van der Waals surface area contributed by atoms with E-state index in [0.717, 1.165) is 16.3 Å². The van der Waals surface area contributed by atoms with Crippen LogP contribution in [0.25, 0.3) is 16.8 Å². The van der Waals surface area contributed by atoms with Gasteiger partial charge in [0, 0.05) is 10.7 Å². The molecule has 2 aromatic rings. The molecule has 0 saturated carbocycles. The molecule has 0 saturated heterocycles. The molecule has 76 valence electrons. The number of benzene rings is 2. The van der Waals surface area contributed by atoms with Crippen LogP contribution in [-0.2, 0) is 0 Å². The van der Waals surface area contributed by atoms with E-state index in [-0.39, 0.29) is 5.82 Å². The Morgan fingerprint density at radius 3 is 2.53 bits per heavy atom. The van der Waals surface area contributed by atoms with Gasteiger partial charge in [-0.05, 0) is 17.0 Å². The molecule has 0 aliphatic carbocycles. The Hall–Kier alpha value is -1.15. The van der Waals surface area contributed by atoms with Crippen molar-refractivity contribution in [2.24, 2.45) is 0 Å². The zero-order chi connectivity index (χ0) is 10.7. The molecular formula is C13H10BrF. The third-order valence-corrected chi connectivity index (χ3v) is 2.66. The van der Waals surface area contributed by atoms with Crippen LogP contribution in [0.2, 0.25) is 0 Å². The maximum absolute atomic E-state index is 13.5. The Kier molecular flexibility index (Phi) is 3.17. The average molecular weight is 265 g/mol. The lowest BCUT2D eigenvalue weighted by atomic mass is 10.0. The summed E-state index contributed by atoms with van der Waals surface area (Å²) in [6.45, 7) is 0. The third kappa shape index (κ3) is 2.10. The van der Waals surface area contributed by atoms with Crippen molar-refractivity contribution in [2.45, 2.75) is 0 Å². The smallest absolute Gasteiger partial charge is 0.131 e. The molecule has 15 heavy (non-hydrogen) atoms. The highest BCUT2D eigenvalue weighted by atomic mass is 79.9. The molecule has 0 aliphatic heterocycles. The van der Waals surface area contributed by atoms with Crippen LogP contribution in [0.4, 0.5) is 4.39 Å². The molecule has 0 atom stereocenters. The average Bonchev–Trinajstić information content (AvgIpc) is 2.29. The molecule has 2 rings (SSSR count). The summed E-state index contributed by atoms with van der Waals surface area (Å²) in [4.78, 5) is 0. The lowest BCUT2D eigenvalue weighted by Gasteiger charge is -2.02. The van der Waals surface area contributed by atoms with Gasteiger partial charge in [0.2, 0.25) is 0 Å². The zero-order valence-electron chi connectivity index (χ0n) is 8.08. The second-order valence-electron chi connectivity index (χ2n) is 3.24. The Bertz CT molecular complexity index is 503. The summed E-state index contributed by atoms with van der Waals surface area (Å²) >= 11 is 3.32. The van der Waals surface area contributed by atoms with Crippen LogP contribution in [0.15, 0.2) is 42.5 Å². The van der Waals surface area contributed by atoms with E-state index >= 15 is 0 Å². The highest BCUT2D eigenvalue weighted by molar-refractivity contribution is 9.09. The Morgan fingerprint density at radius 1 is 1.07 bits per heavy atom. The number of fused-ring (bicyclic) bond motifs is 1. The quantitative estimate of drug-likeness (QED) is 0.706. The SMILES string of the molecule is Fc1ccc(C=CCBr)c2ccccc12. The Balaban J connectivity index is 2.66. The largest absolute Gasteiger partial charge is 0.206 e. The fourth-order valence-corrected chi connectivity index (χ4v) is 1.79. The molecule has 0 nitrogen and oxygen atoms in total. The monoisotopic (exact) mass is 264 g/mol. The zero-order valence-corrected chi connectivity index (χ0v) is 9.67. The number of allylic oxidation sites excluding steroid dienone is 1. The van der Waals surface area contributed by atoms with Crippen LogP contribution in [0.3, 0.4) is 0 Å². The highest BCUT2D eigenvalue weighted by Crippen LogP contribution is 2.22. The van der Waals surface area contributed by atoms with Gasteiger partial charge >= 0.3 is 0 Å². The molecule has 0 heterocycles. The van der Waals surface area contributed by atoms with E-state index in [1.54, 1.807) is 12.1 Å². The fourth-order valence-electron chi connectivity index (χ4n) is 1.60. The first-order valence-electron chi connectivity index (χ1n) is 4.72. The molecule has 0 aromatic heterocycles. The molecule has 2 aromatic carbocycles. The first-order chi connectivity index (χ1) is 7.33. The fraction of sp³-hybridized carbons (Fsp3) is 0.0769. The van der Waals surface area contributed by atoms with E-state index in [0.29, 0.717) is 5.39 Å². The summed E-state index contributed by atoms with van der Waals surface area (Å²) in [5.74, 6) is -0.165. The molecule has 0 N–H and O–H groups in total. The second-order valence-corrected chi connectivity index (χ2v) is 3.89.